The van der Waals surface area contributed by atoms with Gasteiger partial charge in [0.05, 0.1) is 22.6 Å². The molecule has 2 fully saturated rings. The third-order valence-electron chi connectivity index (χ3n) is 17.3. The summed E-state index contributed by atoms with van der Waals surface area (Å²) in [5.74, 6) is 0. The molecule has 0 unspecified atom stereocenters. The van der Waals surface area contributed by atoms with Gasteiger partial charge < -0.3 is 14.9 Å². The van der Waals surface area contributed by atoms with Gasteiger partial charge in [-0.2, -0.15) is 9.59 Å². The topological polar surface area (TPSA) is 127 Å². The lowest BCUT2D eigenvalue weighted by Crippen LogP contribution is -2.28. The van der Waals surface area contributed by atoms with E-state index in [-0.39, 0.29) is 23.6 Å². The van der Waals surface area contributed by atoms with Gasteiger partial charge >= 0.3 is 6.15 Å². The molecule has 412 valence electrons. The molecule has 2 saturated carbocycles. The number of benzene rings is 4. The Balaban J connectivity index is 0.000000240. The van der Waals surface area contributed by atoms with Crippen molar-refractivity contribution < 1.29 is 29.3 Å². The molecular weight excluding hydrogens is 965 g/mol. The third kappa shape index (κ3) is 14.8. The van der Waals surface area contributed by atoms with Crippen LogP contribution < -0.4 is 0 Å². The van der Waals surface area contributed by atoms with E-state index in [0.717, 1.165) is 112 Å². The average Bonchev–Trinajstić information content (AvgIpc) is 3.48. The predicted octanol–water partition coefficient (Wildman–Crippen LogP) is 16.4. The van der Waals surface area contributed by atoms with Gasteiger partial charge in [0.2, 0.25) is 0 Å². The summed E-state index contributed by atoms with van der Waals surface area (Å²) in [5, 5.41) is 21.8. The zero-order chi connectivity index (χ0) is 56.4. The Morgan fingerprint density at radius 1 is 0.526 bits per heavy atom. The van der Waals surface area contributed by atoms with E-state index in [1.165, 1.54) is 79.6 Å². The monoisotopic (exact) mass is 1050 g/mol. The van der Waals surface area contributed by atoms with Crippen molar-refractivity contribution in [1.82, 2.24) is 9.97 Å². The molecule has 0 saturated heterocycles. The number of carbonyl (C=O) groups is 1. The van der Waals surface area contributed by atoms with Crippen LogP contribution in [0.2, 0.25) is 0 Å². The lowest BCUT2D eigenvalue weighted by atomic mass is 9.69. The molecule has 0 amide bonds. The number of aromatic nitrogens is 2. The standard InChI is InChI=1S/C35H45NO.C34H41NO3.CO2/c1-6-12-28-13-18-33(36-25-28)32-17-16-31(24-27(32)5)35(7-2,8-3)30-15-14-29(26(4)23-30)19-22-34(37)20-10-9-11-21-34;1-5-34(6-2,29-12-11-28(25(3)20-29)16-19-33(37)17-8-7-9-18-33)30-13-14-31(26(4)21-30)32-15-10-27(22-35-32)23-38-24-36;2-1-3/h13-19,22-25,37H,6-12,20-21H2,1-5H3;10-16,19-22,24,37H,5-9,17-18,23H2,1-4H3;/b22-19+;19-16+;. The minimum atomic E-state index is -0.655. The van der Waals surface area contributed by atoms with E-state index in [4.69, 9.17) is 19.3 Å². The van der Waals surface area contributed by atoms with Gasteiger partial charge in [-0.25, -0.2) is 0 Å². The second-order valence-electron chi connectivity index (χ2n) is 22.1. The van der Waals surface area contributed by atoms with Crippen LogP contribution in [0.15, 0.2) is 122 Å². The highest BCUT2D eigenvalue weighted by Gasteiger charge is 2.34. The zero-order valence-corrected chi connectivity index (χ0v) is 48.2. The van der Waals surface area contributed by atoms with Gasteiger partial charge in [0.15, 0.2) is 0 Å². The molecule has 8 rings (SSSR count). The van der Waals surface area contributed by atoms with Gasteiger partial charge in [-0.1, -0.05) is 189 Å². The summed E-state index contributed by atoms with van der Waals surface area (Å²) in [6.07, 6.45) is 29.1. The highest BCUT2D eigenvalue weighted by molar-refractivity contribution is 5.67. The third-order valence-corrected chi connectivity index (χ3v) is 17.3. The summed E-state index contributed by atoms with van der Waals surface area (Å²) in [6, 6.07) is 35.8. The Morgan fingerprint density at radius 2 is 0.897 bits per heavy atom. The molecule has 0 bridgehead atoms. The minimum Gasteiger partial charge on any atom is -0.463 e. The Labute approximate surface area is 466 Å². The quantitative estimate of drug-likeness (QED) is 0.0768. The van der Waals surface area contributed by atoms with Crippen molar-refractivity contribution in [3.05, 3.63) is 188 Å². The molecule has 2 heterocycles. The molecule has 0 radical (unpaired) electrons. The first-order valence-corrected chi connectivity index (χ1v) is 28.8. The van der Waals surface area contributed by atoms with E-state index < -0.39 is 11.2 Å². The number of pyridine rings is 2. The van der Waals surface area contributed by atoms with Crippen LogP contribution >= 0.6 is 0 Å². The highest BCUT2D eigenvalue weighted by atomic mass is 16.5. The van der Waals surface area contributed by atoms with Gasteiger partial charge in [-0.15, -0.1) is 0 Å². The maximum Gasteiger partial charge on any atom is 0.373 e. The molecule has 8 heteroatoms. The van der Waals surface area contributed by atoms with Gasteiger partial charge in [-0.3, -0.25) is 14.8 Å². The number of aryl methyl sites for hydroxylation is 5. The first-order chi connectivity index (χ1) is 37.6. The molecule has 2 aliphatic carbocycles. The molecule has 4 aromatic carbocycles. The number of aliphatic hydroxyl groups is 2. The van der Waals surface area contributed by atoms with Crippen LogP contribution in [0.25, 0.3) is 34.7 Å². The summed E-state index contributed by atoms with van der Waals surface area (Å²) in [6.45, 7) is 20.8. The van der Waals surface area contributed by atoms with Crippen molar-refractivity contribution in [2.45, 2.75) is 194 Å². The largest absolute Gasteiger partial charge is 0.463 e. The summed E-state index contributed by atoms with van der Waals surface area (Å²) in [5.41, 5.74) is 17.8. The van der Waals surface area contributed by atoms with Crippen molar-refractivity contribution in [3.63, 3.8) is 0 Å². The van der Waals surface area contributed by atoms with Gasteiger partial charge in [0.1, 0.15) is 6.61 Å². The molecule has 6 aromatic rings. The summed E-state index contributed by atoms with van der Waals surface area (Å²) < 4.78 is 4.83. The molecule has 0 spiro atoms. The normalized spacial score (nSPS) is 15.2. The van der Waals surface area contributed by atoms with E-state index in [2.05, 4.69) is 164 Å². The maximum atomic E-state index is 10.9. The molecule has 2 aliphatic rings. The smallest absolute Gasteiger partial charge is 0.373 e. The second-order valence-corrected chi connectivity index (χ2v) is 22.1. The lowest BCUT2D eigenvalue weighted by molar-refractivity contribution is -0.191. The van der Waals surface area contributed by atoms with E-state index in [1.807, 2.05) is 30.5 Å². The first kappa shape index (κ1) is 60.7. The van der Waals surface area contributed by atoms with E-state index in [0.29, 0.717) is 6.47 Å². The summed E-state index contributed by atoms with van der Waals surface area (Å²) >= 11 is 0. The minimum absolute atomic E-state index is 0.0315. The van der Waals surface area contributed by atoms with Gasteiger partial charge in [-0.05, 0) is 159 Å². The fraction of sp³-hybridized carbons (Fsp3) is 0.429. The lowest BCUT2D eigenvalue weighted by Gasteiger charge is -2.34. The van der Waals surface area contributed by atoms with Crippen LogP contribution in [0.1, 0.15) is 198 Å². The van der Waals surface area contributed by atoms with Crippen molar-refractivity contribution in [2.24, 2.45) is 0 Å². The Kier molecular flexibility index (Phi) is 22.0. The van der Waals surface area contributed by atoms with E-state index in [1.54, 1.807) is 6.20 Å². The Morgan fingerprint density at radius 3 is 1.22 bits per heavy atom. The fourth-order valence-electron chi connectivity index (χ4n) is 12.3. The molecule has 0 atom stereocenters. The molecule has 2 N–H and O–H groups in total. The number of hydrogen-bond donors (Lipinski definition) is 2. The van der Waals surface area contributed by atoms with Crippen LogP contribution in [-0.2, 0) is 43.0 Å². The molecular formula is C70H86N2O6. The average molecular weight is 1050 g/mol. The molecule has 78 heavy (non-hydrogen) atoms. The highest BCUT2D eigenvalue weighted by Crippen LogP contribution is 2.43. The van der Waals surface area contributed by atoms with Crippen LogP contribution in [-0.4, -0.2) is 44.0 Å². The number of hydrogen-bond acceptors (Lipinski definition) is 8. The number of carbonyl (C=O) groups excluding carboxylic acids is 3. The summed E-state index contributed by atoms with van der Waals surface area (Å²) in [7, 11) is 0. The van der Waals surface area contributed by atoms with Crippen LogP contribution in [0.4, 0.5) is 0 Å². The van der Waals surface area contributed by atoms with Crippen molar-refractivity contribution in [3.8, 4) is 22.5 Å². The van der Waals surface area contributed by atoms with Crippen molar-refractivity contribution >= 4 is 24.8 Å². The van der Waals surface area contributed by atoms with E-state index in [9.17, 15) is 15.0 Å². The van der Waals surface area contributed by atoms with E-state index >= 15 is 0 Å². The number of ether oxygens (including phenoxy) is 1. The molecule has 8 nitrogen and oxygen atoms in total. The Bertz CT molecular complexity index is 2980. The van der Waals surface area contributed by atoms with Crippen molar-refractivity contribution in [1.29, 1.82) is 0 Å². The van der Waals surface area contributed by atoms with Gasteiger partial charge in [0, 0.05) is 39.9 Å². The second kappa shape index (κ2) is 28.4. The molecule has 0 aliphatic heterocycles. The summed E-state index contributed by atoms with van der Waals surface area (Å²) in [4.78, 5) is 36.1. The maximum absolute atomic E-state index is 10.9. The van der Waals surface area contributed by atoms with Gasteiger partial charge in [0.25, 0.3) is 6.47 Å². The predicted molar refractivity (Wildman–Crippen MR) is 318 cm³/mol. The first-order valence-electron chi connectivity index (χ1n) is 28.8. The molecule has 2 aromatic heterocycles. The van der Waals surface area contributed by atoms with Crippen molar-refractivity contribution in [2.75, 3.05) is 0 Å². The number of rotatable bonds is 19. The van der Waals surface area contributed by atoms with Crippen LogP contribution in [0, 0.1) is 27.7 Å². The van der Waals surface area contributed by atoms with Crippen LogP contribution in [0.5, 0.6) is 0 Å². The zero-order valence-electron chi connectivity index (χ0n) is 48.2. The number of nitrogens with zero attached hydrogens (tertiary/aromatic N) is 2. The Hall–Kier alpha value is -6.57. The van der Waals surface area contributed by atoms with Crippen LogP contribution in [0.3, 0.4) is 0 Å². The fourth-order valence-corrected chi connectivity index (χ4v) is 12.3. The SMILES string of the molecule is CCC(CC)(c1ccc(/C=C/C2(O)CCCCC2)c(C)c1)c1ccc(-c2ccc(COC=O)cn2)c(C)c1.CCCc1ccc(-c2ccc(C(CC)(CC)c3ccc(/C=C/C4(O)CCCCC4)c(C)c3)cc2C)nc1.O=C=O.